The number of ether oxygens (including phenoxy) is 1. The van der Waals surface area contributed by atoms with Crippen LogP contribution in [0.3, 0.4) is 0 Å². The number of ketones is 1. The Morgan fingerprint density at radius 3 is 2.70 bits per heavy atom. The van der Waals surface area contributed by atoms with Gasteiger partial charge in [0, 0.05) is 18.9 Å². The molecule has 1 aliphatic heterocycles. The second-order valence-corrected chi connectivity index (χ2v) is 5.54. The summed E-state index contributed by atoms with van der Waals surface area (Å²) in [6.45, 7) is 1.71. The van der Waals surface area contributed by atoms with Crippen LogP contribution in [0, 0.1) is 0 Å². The lowest BCUT2D eigenvalue weighted by Crippen LogP contribution is -2.15. The third kappa shape index (κ3) is 4.71. The molecule has 122 valence electrons. The lowest BCUT2D eigenvalue weighted by atomic mass is 10.0. The number of rotatable bonds is 0. The third-order valence-corrected chi connectivity index (χ3v) is 3.51. The lowest BCUT2D eigenvalue weighted by Gasteiger charge is -2.14. The van der Waals surface area contributed by atoms with E-state index in [1.165, 1.54) is 12.1 Å². The molecule has 1 aromatic carbocycles. The summed E-state index contributed by atoms with van der Waals surface area (Å²) in [6, 6.07) is 2.51. The maximum Gasteiger partial charge on any atom is 0.342 e. The van der Waals surface area contributed by atoms with Crippen LogP contribution in [-0.2, 0) is 9.53 Å². The Kier molecular flexibility index (Phi) is 5.57. The molecule has 0 fully saturated rings. The van der Waals surface area contributed by atoms with Gasteiger partial charge in [0.15, 0.2) is 5.78 Å². The lowest BCUT2D eigenvalue weighted by molar-refractivity contribution is -0.114. The van der Waals surface area contributed by atoms with Crippen molar-refractivity contribution in [1.82, 2.24) is 0 Å². The van der Waals surface area contributed by atoms with Gasteiger partial charge in [0.1, 0.15) is 23.2 Å². The van der Waals surface area contributed by atoms with E-state index in [9.17, 15) is 19.8 Å². The topological polar surface area (TPSA) is 83.8 Å². The fourth-order valence-electron chi connectivity index (χ4n) is 2.36. The number of allylic oxidation sites excluding steroid dienone is 2. The molecule has 1 aromatic rings. The van der Waals surface area contributed by atoms with Crippen LogP contribution >= 0.6 is 0 Å². The first-order chi connectivity index (χ1) is 11.0. The summed E-state index contributed by atoms with van der Waals surface area (Å²) in [4.78, 5) is 23.9. The number of aromatic hydroxyl groups is 2. The van der Waals surface area contributed by atoms with Crippen molar-refractivity contribution in [2.75, 3.05) is 0 Å². The molecule has 5 nitrogen and oxygen atoms in total. The van der Waals surface area contributed by atoms with Gasteiger partial charge in [-0.3, -0.25) is 4.79 Å². The summed E-state index contributed by atoms with van der Waals surface area (Å²) in [7, 11) is 0. The van der Waals surface area contributed by atoms with Crippen molar-refractivity contribution in [3.63, 3.8) is 0 Å². The number of phenols is 2. The smallest absolute Gasteiger partial charge is 0.342 e. The second-order valence-electron chi connectivity index (χ2n) is 5.54. The molecule has 0 bridgehead atoms. The SMILES string of the molecule is C[C@H]1CC=CC(=O)CCCC=Cc2cc(O)cc(O)c2C(=O)O1. The molecule has 0 aromatic heterocycles. The fourth-order valence-corrected chi connectivity index (χ4v) is 2.36. The van der Waals surface area contributed by atoms with Gasteiger partial charge in [-0.05, 0) is 37.5 Å². The van der Waals surface area contributed by atoms with E-state index in [0.717, 1.165) is 6.07 Å². The Balaban J connectivity index is 2.36. The van der Waals surface area contributed by atoms with Crippen LogP contribution in [0.25, 0.3) is 6.08 Å². The minimum atomic E-state index is -0.661. The average molecular weight is 316 g/mol. The molecular weight excluding hydrogens is 296 g/mol. The Labute approximate surface area is 134 Å². The summed E-state index contributed by atoms with van der Waals surface area (Å²) in [5.74, 6) is -1.07. The number of hydrogen-bond donors (Lipinski definition) is 2. The van der Waals surface area contributed by atoms with Gasteiger partial charge in [0.25, 0.3) is 0 Å². The van der Waals surface area contributed by atoms with E-state index >= 15 is 0 Å². The maximum atomic E-state index is 12.3. The highest BCUT2D eigenvalue weighted by Crippen LogP contribution is 2.29. The Morgan fingerprint density at radius 1 is 1.13 bits per heavy atom. The number of esters is 1. The average Bonchev–Trinajstić information content (AvgIpc) is 2.45. The van der Waals surface area contributed by atoms with Crippen LogP contribution in [0.4, 0.5) is 0 Å². The summed E-state index contributed by atoms with van der Waals surface area (Å²) in [5.41, 5.74) is 0.418. The van der Waals surface area contributed by atoms with Gasteiger partial charge >= 0.3 is 5.97 Å². The zero-order valence-corrected chi connectivity index (χ0v) is 13.0. The van der Waals surface area contributed by atoms with Crippen LogP contribution in [0.1, 0.15) is 48.5 Å². The zero-order valence-electron chi connectivity index (χ0n) is 13.0. The molecule has 1 heterocycles. The normalized spacial score (nSPS) is 19.8. The van der Waals surface area contributed by atoms with Crippen molar-refractivity contribution >= 4 is 17.8 Å². The predicted octanol–water partition coefficient (Wildman–Crippen LogP) is 3.36. The van der Waals surface area contributed by atoms with Gasteiger partial charge in [-0.25, -0.2) is 4.79 Å². The highest BCUT2D eigenvalue weighted by Gasteiger charge is 2.20. The van der Waals surface area contributed by atoms with Crippen molar-refractivity contribution in [3.8, 4) is 11.5 Å². The first-order valence-corrected chi connectivity index (χ1v) is 7.60. The quantitative estimate of drug-likeness (QED) is 0.717. The van der Waals surface area contributed by atoms with Crippen molar-refractivity contribution < 1.29 is 24.5 Å². The molecule has 1 atom stereocenters. The third-order valence-electron chi connectivity index (χ3n) is 3.51. The number of hydrogen-bond acceptors (Lipinski definition) is 5. The molecule has 0 aliphatic carbocycles. The van der Waals surface area contributed by atoms with Crippen LogP contribution in [-0.4, -0.2) is 28.1 Å². The molecule has 0 saturated heterocycles. The number of benzene rings is 1. The van der Waals surface area contributed by atoms with Gasteiger partial charge in [0.2, 0.25) is 0 Å². The van der Waals surface area contributed by atoms with E-state index in [1.807, 2.05) is 0 Å². The maximum absolute atomic E-state index is 12.3. The number of carbonyl (C=O) groups is 2. The Hall–Kier alpha value is -2.56. The first-order valence-electron chi connectivity index (χ1n) is 7.60. The highest BCUT2D eigenvalue weighted by atomic mass is 16.5. The predicted molar refractivity (Wildman–Crippen MR) is 86.3 cm³/mol. The highest BCUT2D eigenvalue weighted by molar-refractivity contribution is 5.97. The van der Waals surface area contributed by atoms with Crippen molar-refractivity contribution in [3.05, 3.63) is 41.5 Å². The summed E-state index contributed by atoms with van der Waals surface area (Å²) >= 11 is 0. The van der Waals surface area contributed by atoms with E-state index in [2.05, 4.69) is 0 Å². The summed E-state index contributed by atoms with van der Waals surface area (Å²) < 4.78 is 5.30. The zero-order chi connectivity index (χ0) is 16.8. The molecule has 2 N–H and O–H groups in total. The standard InChI is InChI=1S/C18H20O5/c1-12-6-5-9-14(19)8-4-2-3-7-13-10-15(20)11-16(21)17(13)18(22)23-12/h3,5,7,9-12,20-21H,2,4,6,8H2,1H3/t12-/m0/s1. The minimum Gasteiger partial charge on any atom is -0.508 e. The van der Waals surface area contributed by atoms with Crippen molar-refractivity contribution in [1.29, 1.82) is 0 Å². The second kappa shape index (κ2) is 7.63. The molecule has 0 unspecified atom stereocenters. The molecule has 0 amide bonds. The van der Waals surface area contributed by atoms with Crippen LogP contribution < -0.4 is 0 Å². The van der Waals surface area contributed by atoms with Crippen molar-refractivity contribution in [2.45, 2.75) is 38.7 Å². The van der Waals surface area contributed by atoms with Gasteiger partial charge in [-0.1, -0.05) is 18.2 Å². The molecule has 0 saturated carbocycles. The molecule has 0 spiro atoms. The minimum absolute atomic E-state index is 0.0306. The summed E-state index contributed by atoms with van der Waals surface area (Å²) in [6.07, 6.45) is 8.45. The van der Waals surface area contributed by atoms with E-state index in [-0.39, 0.29) is 22.8 Å². The molecule has 2 rings (SSSR count). The van der Waals surface area contributed by atoms with Crippen LogP contribution in [0.5, 0.6) is 11.5 Å². The van der Waals surface area contributed by atoms with Gasteiger partial charge in [-0.2, -0.15) is 0 Å². The molecule has 1 aliphatic rings. The van der Waals surface area contributed by atoms with E-state index in [0.29, 0.717) is 31.2 Å². The van der Waals surface area contributed by atoms with Crippen molar-refractivity contribution in [2.24, 2.45) is 0 Å². The molecule has 23 heavy (non-hydrogen) atoms. The number of cyclic esters (lactones) is 1. The van der Waals surface area contributed by atoms with E-state index < -0.39 is 12.1 Å². The van der Waals surface area contributed by atoms with Gasteiger partial charge < -0.3 is 14.9 Å². The fraction of sp³-hybridized carbons (Fsp3) is 0.333. The summed E-state index contributed by atoms with van der Waals surface area (Å²) in [5, 5.41) is 19.6. The number of fused-ring (bicyclic) bond motifs is 1. The van der Waals surface area contributed by atoms with E-state index in [1.54, 1.807) is 25.2 Å². The first kappa shape index (κ1) is 16.8. The van der Waals surface area contributed by atoms with Gasteiger partial charge in [-0.15, -0.1) is 0 Å². The largest absolute Gasteiger partial charge is 0.508 e. The Bertz CT molecular complexity index is 658. The monoisotopic (exact) mass is 316 g/mol. The number of carbonyl (C=O) groups excluding carboxylic acids is 2. The van der Waals surface area contributed by atoms with Crippen LogP contribution in [0.2, 0.25) is 0 Å². The van der Waals surface area contributed by atoms with Crippen LogP contribution in [0.15, 0.2) is 30.4 Å². The molecular formula is C18H20O5. The molecule has 0 radical (unpaired) electrons. The molecule has 5 heteroatoms. The van der Waals surface area contributed by atoms with Gasteiger partial charge in [0.05, 0.1) is 0 Å². The number of phenolic OH excluding ortho intramolecular Hbond substituents is 2. The Morgan fingerprint density at radius 2 is 1.91 bits per heavy atom. The van der Waals surface area contributed by atoms with E-state index in [4.69, 9.17) is 4.74 Å².